The van der Waals surface area contributed by atoms with E-state index in [0.717, 1.165) is 34.2 Å². The quantitative estimate of drug-likeness (QED) is 0.481. The van der Waals surface area contributed by atoms with Crippen molar-refractivity contribution >= 4 is 28.3 Å². The first-order chi connectivity index (χ1) is 14.3. The fourth-order valence-electron chi connectivity index (χ4n) is 3.06. The van der Waals surface area contributed by atoms with Gasteiger partial charge in [-0.05, 0) is 42.0 Å². The van der Waals surface area contributed by atoms with E-state index in [9.17, 15) is 18.0 Å². The van der Waals surface area contributed by atoms with Crippen LogP contribution in [0, 0.1) is 0 Å². The smallest absolute Gasteiger partial charge is 0.308 e. The number of halogens is 3. The first-order valence-electron chi connectivity index (χ1n) is 8.93. The number of pyridine rings is 1. The largest absolute Gasteiger partial charge is 0.416 e. The van der Waals surface area contributed by atoms with Crippen molar-refractivity contribution in [3.63, 3.8) is 0 Å². The van der Waals surface area contributed by atoms with Crippen molar-refractivity contribution in [1.29, 1.82) is 0 Å². The van der Waals surface area contributed by atoms with Crippen LogP contribution in [0.25, 0.3) is 22.0 Å². The second-order valence-electron chi connectivity index (χ2n) is 6.62. The summed E-state index contributed by atoms with van der Waals surface area (Å²) in [5.41, 5.74) is 2.75. The molecular formula is C21H16F3N5O. The van der Waals surface area contributed by atoms with Gasteiger partial charge in [-0.15, -0.1) is 0 Å². The summed E-state index contributed by atoms with van der Waals surface area (Å²) < 4.78 is 39.6. The number of aromatic nitrogens is 3. The van der Waals surface area contributed by atoms with Crippen LogP contribution >= 0.6 is 0 Å². The lowest BCUT2D eigenvalue weighted by molar-refractivity contribution is -0.137. The summed E-state index contributed by atoms with van der Waals surface area (Å²) in [7, 11) is 1.84. The topological polar surface area (TPSA) is 71.8 Å². The molecule has 0 aliphatic carbocycles. The number of aryl methyl sites for hydroxylation is 1. The van der Waals surface area contributed by atoms with Gasteiger partial charge in [0.25, 0.3) is 0 Å². The van der Waals surface area contributed by atoms with Gasteiger partial charge in [0, 0.05) is 35.6 Å². The molecule has 2 N–H and O–H groups in total. The number of carbonyl (C=O) groups excluding carboxylic acids is 1. The van der Waals surface area contributed by atoms with Gasteiger partial charge in [0.2, 0.25) is 0 Å². The van der Waals surface area contributed by atoms with Crippen LogP contribution in [0.5, 0.6) is 0 Å². The summed E-state index contributed by atoms with van der Waals surface area (Å²) >= 11 is 0. The molecule has 0 aliphatic heterocycles. The highest BCUT2D eigenvalue weighted by atomic mass is 19.4. The Balaban J connectivity index is 1.45. The number of alkyl halides is 3. The number of nitrogens with zero attached hydrogens (tertiary/aromatic N) is 3. The van der Waals surface area contributed by atoms with Crippen molar-refractivity contribution in [3.05, 3.63) is 72.7 Å². The van der Waals surface area contributed by atoms with E-state index >= 15 is 0 Å². The third kappa shape index (κ3) is 3.95. The molecule has 0 radical (unpaired) electrons. The van der Waals surface area contributed by atoms with E-state index in [1.807, 2.05) is 19.2 Å². The molecule has 0 atom stereocenters. The third-order valence-electron chi connectivity index (χ3n) is 4.60. The zero-order valence-corrected chi connectivity index (χ0v) is 15.7. The van der Waals surface area contributed by atoms with Crippen LogP contribution in [0.15, 0.2) is 67.1 Å². The minimum Gasteiger partial charge on any atom is -0.308 e. The number of rotatable bonds is 3. The second kappa shape index (κ2) is 7.51. The van der Waals surface area contributed by atoms with Gasteiger partial charge in [-0.1, -0.05) is 12.1 Å². The van der Waals surface area contributed by atoms with Crippen LogP contribution in [0.4, 0.5) is 29.3 Å². The molecule has 0 aliphatic rings. The lowest BCUT2D eigenvalue weighted by Gasteiger charge is -2.10. The lowest BCUT2D eigenvalue weighted by Crippen LogP contribution is -2.19. The van der Waals surface area contributed by atoms with Crippen molar-refractivity contribution in [2.75, 3.05) is 10.6 Å². The van der Waals surface area contributed by atoms with Crippen molar-refractivity contribution in [2.24, 2.45) is 7.05 Å². The number of benzene rings is 2. The third-order valence-corrected chi connectivity index (χ3v) is 4.60. The molecule has 9 heteroatoms. The Morgan fingerprint density at radius 3 is 2.10 bits per heavy atom. The van der Waals surface area contributed by atoms with Crippen LogP contribution in [0.1, 0.15) is 5.56 Å². The van der Waals surface area contributed by atoms with Gasteiger partial charge in [0.15, 0.2) is 0 Å². The number of urea groups is 1. The number of anilines is 2. The van der Waals surface area contributed by atoms with Crippen LogP contribution < -0.4 is 10.6 Å². The van der Waals surface area contributed by atoms with E-state index in [1.165, 1.54) is 12.1 Å². The maximum absolute atomic E-state index is 12.6. The number of carbonyl (C=O) groups is 1. The zero-order chi connectivity index (χ0) is 21.3. The molecule has 0 fully saturated rings. The number of amides is 2. The zero-order valence-electron chi connectivity index (χ0n) is 15.7. The van der Waals surface area contributed by atoms with E-state index in [0.29, 0.717) is 5.69 Å². The lowest BCUT2D eigenvalue weighted by atomic mass is 10.0. The van der Waals surface area contributed by atoms with Crippen molar-refractivity contribution < 1.29 is 18.0 Å². The van der Waals surface area contributed by atoms with Gasteiger partial charge >= 0.3 is 12.2 Å². The van der Waals surface area contributed by atoms with Gasteiger partial charge < -0.3 is 10.6 Å². The monoisotopic (exact) mass is 411 g/mol. The second-order valence-corrected chi connectivity index (χ2v) is 6.62. The Morgan fingerprint density at radius 1 is 0.900 bits per heavy atom. The van der Waals surface area contributed by atoms with Gasteiger partial charge in [0.05, 0.1) is 23.5 Å². The molecule has 2 aromatic heterocycles. The van der Waals surface area contributed by atoms with E-state index in [4.69, 9.17) is 0 Å². The Bertz CT molecular complexity index is 1200. The van der Waals surface area contributed by atoms with Crippen LogP contribution in [0.3, 0.4) is 0 Å². The SMILES string of the molecule is Cn1ncc2c(-c3ccc(NC(=O)Nc4ccc(C(F)(F)F)cc4)cc3)cncc21. The predicted molar refractivity (Wildman–Crippen MR) is 108 cm³/mol. The number of hydrogen-bond acceptors (Lipinski definition) is 3. The molecule has 2 aromatic carbocycles. The summed E-state index contributed by atoms with van der Waals surface area (Å²) in [6.45, 7) is 0. The van der Waals surface area contributed by atoms with Crippen molar-refractivity contribution in [2.45, 2.75) is 6.18 Å². The highest BCUT2D eigenvalue weighted by Crippen LogP contribution is 2.30. The Kier molecular flexibility index (Phi) is 4.86. The first kappa shape index (κ1) is 19.4. The molecule has 6 nitrogen and oxygen atoms in total. The van der Waals surface area contributed by atoms with Crippen molar-refractivity contribution in [1.82, 2.24) is 14.8 Å². The van der Waals surface area contributed by atoms with Gasteiger partial charge in [-0.25, -0.2) is 4.79 Å². The van der Waals surface area contributed by atoms with Gasteiger partial charge in [0.1, 0.15) is 0 Å². The number of fused-ring (bicyclic) bond motifs is 1. The van der Waals surface area contributed by atoms with Crippen LogP contribution in [0.2, 0.25) is 0 Å². The van der Waals surface area contributed by atoms with E-state index in [1.54, 1.807) is 35.4 Å². The summed E-state index contributed by atoms with van der Waals surface area (Å²) in [6, 6.07) is 10.8. The normalized spacial score (nSPS) is 11.5. The van der Waals surface area contributed by atoms with E-state index in [-0.39, 0.29) is 5.69 Å². The van der Waals surface area contributed by atoms with Gasteiger partial charge in [-0.2, -0.15) is 18.3 Å². The predicted octanol–water partition coefficient (Wildman–Crippen LogP) is 5.30. The minimum atomic E-state index is -4.42. The summed E-state index contributed by atoms with van der Waals surface area (Å²) in [6.07, 6.45) is 0.852. The minimum absolute atomic E-state index is 0.256. The molecule has 0 bridgehead atoms. The maximum Gasteiger partial charge on any atom is 0.416 e. The molecule has 4 aromatic rings. The number of nitrogens with one attached hydrogen (secondary N) is 2. The molecular weight excluding hydrogens is 395 g/mol. The summed E-state index contributed by atoms with van der Waals surface area (Å²) in [5.74, 6) is 0. The fraction of sp³-hybridized carbons (Fsp3) is 0.0952. The molecule has 0 spiro atoms. The molecule has 30 heavy (non-hydrogen) atoms. The molecule has 0 saturated carbocycles. The first-order valence-corrected chi connectivity index (χ1v) is 8.93. The van der Waals surface area contributed by atoms with Crippen LogP contribution in [-0.2, 0) is 13.2 Å². The van der Waals surface area contributed by atoms with Crippen molar-refractivity contribution in [3.8, 4) is 11.1 Å². The van der Waals surface area contributed by atoms with E-state index < -0.39 is 17.8 Å². The molecule has 0 unspecified atom stereocenters. The Morgan fingerprint density at radius 2 is 1.50 bits per heavy atom. The summed E-state index contributed by atoms with van der Waals surface area (Å²) in [4.78, 5) is 16.4. The number of hydrogen-bond donors (Lipinski definition) is 2. The molecule has 2 heterocycles. The average Bonchev–Trinajstić information content (AvgIpc) is 3.09. The highest BCUT2D eigenvalue weighted by molar-refractivity contribution is 6.00. The molecule has 0 saturated heterocycles. The Hall–Kier alpha value is -3.88. The Labute approximate surface area is 169 Å². The molecule has 152 valence electrons. The highest BCUT2D eigenvalue weighted by Gasteiger charge is 2.29. The molecule has 2 amide bonds. The molecule has 4 rings (SSSR count). The fourth-order valence-corrected chi connectivity index (χ4v) is 3.06. The average molecular weight is 411 g/mol. The summed E-state index contributed by atoms with van der Waals surface area (Å²) in [5, 5.41) is 10.4. The maximum atomic E-state index is 12.6. The van der Waals surface area contributed by atoms with Gasteiger partial charge in [-0.3, -0.25) is 9.67 Å². The standard InChI is InChI=1S/C21H16F3N5O/c1-29-19-12-25-10-17(18(19)11-26-29)13-2-6-15(7-3-13)27-20(30)28-16-8-4-14(5-9-16)21(22,23)24/h2-12H,1H3,(H2,27,28,30). The van der Waals surface area contributed by atoms with E-state index in [2.05, 4.69) is 20.7 Å². The van der Waals surface area contributed by atoms with Crippen LogP contribution in [-0.4, -0.2) is 20.8 Å².